The smallest absolute Gasteiger partial charge is 0.150 e. The average Bonchev–Trinajstić information content (AvgIpc) is 2.96. The van der Waals surface area contributed by atoms with Gasteiger partial charge < -0.3 is 10.8 Å². The van der Waals surface area contributed by atoms with Gasteiger partial charge in [-0.2, -0.15) is 0 Å². The van der Waals surface area contributed by atoms with Crippen molar-refractivity contribution in [2.45, 2.75) is 46.0 Å². The van der Waals surface area contributed by atoms with Gasteiger partial charge in [0.15, 0.2) is 6.29 Å². The van der Waals surface area contributed by atoms with Crippen molar-refractivity contribution >= 4 is 12.0 Å². The van der Waals surface area contributed by atoms with Crippen molar-refractivity contribution in [3.05, 3.63) is 46.0 Å². The lowest BCUT2D eigenvalue weighted by Crippen LogP contribution is -2.04. The zero-order valence-corrected chi connectivity index (χ0v) is 13.9. The number of phenols is 1. The predicted molar refractivity (Wildman–Crippen MR) is 94.2 cm³/mol. The Labute approximate surface area is 137 Å². The molecule has 0 amide bonds. The molecular formula is C20H23NO2. The lowest BCUT2D eigenvalue weighted by atomic mass is 9.83. The monoisotopic (exact) mass is 309 g/mol. The van der Waals surface area contributed by atoms with E-state index in [4.69, 9.17) is 5.73 Å². The molecule has 3 heteroatoms. The van der Waals surface area contributed by atoms with Crippen molar-refractivity contribution in [3.8, 4) is 16.9 Å². The standard InChI is InChI=1S/C20H23NO2/c1-11(2)18-17(23)8-7-13(10-22)20(18)19-12(3)9-16(21)14-5-4-6-15(14)19/h7-11,23H,4-6,21H2,1-3H3. The third-order valence-corrected chi connectivity index (χ3v) is 4.84. The Morgan fingerprint density at radius 1 is 1.17 bits per heavy atom. The summed E-state index contributed by atoms with van der Waals surface area (Å²) in [6.07, 6.45) is 3.93. The van der Waals surface area contributed by atoms with Gasteiger partial charge in [-0.1, -0.05) is 13.8 Å². The molecule has 3 N–H and O–H groups in total. The van der Waals surface area contributed by atoms with Gasteiger partial charge in [0.25, 0.3) is 0 Å². The summed E-state index contributed by atoms with van der Waals surface area (Å²) in [6.45, 7) is 6.12. The minimum absolute atomic E-state index is 0.124. The Hall–Kier alpha value is -2.29. The second-order valence-electron chi connectivity index (χ2n) is 6.70. The highest BCUT2D eigenvalue weighted by Gasteiger charge is 2.25. The number of hydrogen-bond donors (Lipinski definition) is 2. The van der Waals surface area contributed by atoms with E-state index in [9.17, 15) is 9.90 Å². The number of nitrogen functional groups attached to an aromatic ring is 1. The summed E-state index contributed by atoms with van der Waals surface area (Å²) in [4.78, 5) is 11.7. The third-order valence-electron chi connectivity index (χ3n) is 4.84. The van der Waals surface area contributed by atoms with E-state index in [2.05, 4.69) is 0 Å². The Kier molecular flexibility index (Phi) is 3.88. The van der Waals surface area contributed by atoms with Crippen LogP contribution in [0.25, 0.3) is 11.1 Å². The SMILES string of the molecule is Cc1cc(N)c2c(c1-c1c(C=O)ccc(O)c1C(C)C)CCC2. The summed E-state index contributed by atoms with van der Waals surface area (Å²) in [7, 11) is 0. The highest BCUT2D eigenvalue weighted by molar-refractivity contribution is 5.93. The third kappa shape index (κ3) is 2.40. The zero-order valence-electron chi connectivity index (χ0n) is 13.9. The van der Waals surface area contributed by atoms with E-state index in [1.807, 2.05) is 26.8 Å². The predicted octanol–water partition coefficient (Wildman–Crippen LogP) is 4.37. The van der Waals surface area contributed by atoms with Gasteiger partial charge >= 0.3 is 0 Å². The molecule has 0 fully saturated rings. The average molecular weight is 309 g/mol. The van der Waals surface area contributed by atoms with Crippen LogP contribution >= 0.6 is 0 Å². The normalized spacial score (nSPS) is 13.4. The molecule has 120 valence electrons. The molecule has 2 aromatic carbocycles. The summed E-state index contributed by atoms with van der Waals surface area (Å²) >= 11 is 0. The largest absolute Gasteiger partial charge is 0.508 e. The Morgan fingerprint density at radius 2 is 1.87 bits per heavy atom. The summed E-state index contributed by atoms with van der Waals surface area (Å²) < 4.78 is 0. The maximum Gasteiger partial charge on any atom is 0.150 e. The molecule has 1 aliphatic carbocycles. The molecule has 0 atom stereocenters. The van der Waals surface area contributed by atoms with Crippen molar-refractivity contribution < 1.29 is 9.90 Å². The Balaban J connectivity index is 2.43. The number of carbonyl (C=O) groups excluding carboxylic acids is 1. The summed E-state index contributed by atoms with van der Waals surface area (Å²) in [5.41, 5.74) is 14.0. The first-order chi connectivity index (χ1) is 11.0. The maximum absolute atomic E-state index is 11.7. The lowest BCUT2D eigenvalue weighted by molar-refractivity contribution is 0.112. The number of fused-ring (bicyclic) bond motifs is 1. The quantitative estimate of drug-likeness (QED) is 0.653. The van der Waals surface area contributed by atoms with E-state index in [0.29, 0.717) is 5.56 Å². The number of benzene rings is 2. The number of nitrogens with two attached hydrogens (primary N) is 1. The number of phenolic OH excluding ortho intramolecular Hbond substituents is 1. The summed E-state index contributed by atoms with van der Waals surface area (Å²) in [5.74, 6) is 0.377. The van der Waals surface area contributed by atoms with E-state index in [-0.39, 0.29) is 11.7 Å². The van der Waals surface area contributed by atoms with Crippen molar-refractivity contribution in [3.63, 3.8) is 0 Å². The van der Waals surface area contributed by atoms with Gasteiger partial charge in [-0.05, 0) is 78.1 Å². The summed E-state index contributed by atoms with van der Waals surface area (Å²) in [5, 5.41) is 10.4. The van der Waals surface area contributed by atoms with Gasteiger partial charge in [0, 0.05) is 16.8 Å². The summed E-state index contributed by atoms with van der Waals surface area (Å²) in [6, 6.07) is 5.33. The minimum atomic E-state index is 0.124. The molecule has 2 aromatic rings. The molecule has 0 unspecified atom stereocenters. The van der Waals surface area contributed by atoms with Crippen LogP contribution in [0.5, 0.6) is 5.75 Å². The van der Waals surface area contributed by atoms with Crippen molar-refractivity contribution in [2.75, 3.05) is 5.73 Å². The van der Waals surface area contributed by atoms with E-state index < -0.39 is 0 Å². The van der Waals surface area contributed by atoms with Gasteiger partial charge in [-0.15, -0.1) is 0 Å². The zero-order chi connectivity index (χ0) is 16.7. The molecule has 0 bridgehead atoms. The van der Waals surface area contributed by atoms with Gasteiger partial charge in [0.05, 0.1) is 0 Å². The molecule has 3 rings (SSSR count). The van der Waals surface area contributed by atoms with Crippen LogP contribution in [0.2, 0.25) is 0 Å². The van der Waals surface area contributed by atoms with Gasteiger partial charge in [0.1, 0.15) is 5.75 Å². The molecule has 3 nitrogen and oxygen atoms in total. The number of rotatable bonds is 3. The van der Waals surface area contributed by atoms with E-state index in [1.54, 1.807) is 12.1 Å². The highest BCUT2D eigenvalue weighted by Crippen LogP contribution is 2.44. The fourth-order valence-corrected chi connectivity index (χ4v) is 3.90. The first-order valence-electron chi connectivity index (χ1n) is 8.18. The minimum Gasteiger partial charge on any atom is -0.508 e. The van der Waals surface area contributed by atoms with Crippen molar-refractivity contribution in [1.29, 1.82) is 0 Å². The topological polar surface area (TPSA) is 63.3 Å². The molecule has 0 aliphatic heterocycles. The second kappa shape index (κ2) is 5.73. The molecule has 0 saturated carbocycles. The fourth-order valence-electron chi connectivity index (χ4n) is 3.90. The molecule has 0 saturated heterocycles. The lowest BCUT2D eigenvalue weighted by Gasteiger charge is -2.22. The van der Waals surface area contributed by atoms with E-state index >= 15 is 0 Å². The number of carbonyl (C=O) groups is 1. The maximum atomic E-state index is 11.7. The molecule has 0 radical (unpaired) electrons. The van der Waals surface area contributed by atoms with Gasteiger partial charge in [-0.3, -0.25) is 4.79 Å². The Morgan fingerprint density at radius 3 is 2.52 bits per heavy atom. The highest BCUT2D eigenvalue weighted by atomic mass is 16.3. The van der Waals surface area contributed by atoms with Gasteiger partial charge in [-0.25, -0.2) is 0 Å². The fraction of sp³-hybridized carbons (Fsp3) is 0.350. The Bertz CT molecular complexity index is 791. The van der Waals surface area contributed by atoms with Crippen LogP contribution in [0.3, 0.4) is 0 Å². The first kappa shape index (κ1) is 15.6. The van der Waals surface area contributed by atoms with Crippen LogP contribution < -0.4 is 5.73 Å². The molecule has 0 heterocycles. The number of anilines is 1. The van der Waals surface area contributed by atoms with Crippen molar-refractivity contribution in [2.24, 2.45) is 0 Å². The molecule has 23 heavy (non-hydrogen) atoms. The van der Waals surface area contributed by atoms with Crippen LogP contribution in [-0.2, 0) is 12.8 Å². The van der Waals surface area contributed by atoms with Crippen molar-refractivity contribution in [1.82, 2.24) is 0 Å². The van der Waals surface area contributed by atoms with Crippen LogP contribution in [-0.4, -0.2) is 11.4 Å². The number of aryl methyl sites for hydroxylation is 1. The molecular weight excluding hydrogens is 286 g/mol. The molecule has 1 aliphatic rings. The number of hydrogen-bond acceptors (Lipinski definition) is 3. The van der Waals surface area contributed by atoms with Crippen LogP contribution in [0.1, 0.15) is 58.8 Å². The number of aromatic hydroxyl groups is 1. The molecule has 0 aromatic heterocycles. The van der Waals surface area contributed by atoms with Crippen LogP contribution in [0, 0.1) is 6.92 Å². The van der Waals surface area contributed by atoms with Crippen LogP contribution in [0.4, 0.5) is 5.69 Å². The molecule has 0 spiro atoms. The van der Waals surface area contributed by atoms with Gasteiger partial charge in [0.2, 0.25) is 0 Å². The van der Waals surface area contributed by atoms with E-state index in [1.165, 1.54) is 11.1 Å². The van der Waals surface area contributed by atoms with E-state index in [0.717, 1.165) is 53.5 Å². The van der Waals surface area contributed by atoms with Crippen LogP contribution in [0.15, 0.2) is 18.2 Å². The second-order valence-corrected chi connectivity index (χ2v) is 6.70. The number of aldehydes is 1. The first-order valence-corrected chi connectivity index (χ1v) is 8.18.